The zero-order valence-electron chi connectivity index (χ0n) is 13.7. The number of nitrogens with one attached hydrogen (secondary N) is 2. The Labute approximate surface area is 135 Å². The average molecular weight is 318 g/mol. The smallest absolute Gasteiger partial charge is 0.254 e. The number of nitrogens with zero attached hydrogens (tertiary/aromatic N) is 2. The first-order valence-electron chi connectivity index (χ1n) is 7.15. The Morgan fingerprint density at radius 1 is 1.32 bits per heavy atom. The summed E-state index contributed by atoms with van der Waals surface area (Å²) in [6.07, 6.45) is 3.82. The number of aryl methyl sites for hydroxylation is 1. The minimum atomic E-state index is -0.105. The summed E-state index contributed by atoms with van der Waals surface area (Å²) in [6, 6.07) is 3.81. The molecular formula is C16H22N4OS. The lowest BCUT2D eigenvalue weighted by Gasteiger charge is -2.22. The van der Waals surface area contributed by atoms with Crippen LogP contribution in [0.3, 0.4) is 0 Å². The van der Waals surface area contributed by atoms with E-state index in [1.165, 1.54) is 0 Å². The molecule has 0 radical (unpaired) electrons. The topological polar surface area (TPSA) is 70.7 Å². The molecule has 22 heavy (non-hydrogen) atoms. The quantitative estimate of drug-likeness (QED) is 0.887. The van der Waals surface area contributed by atoms with Crippen LogP contribution < -0.4 is 10.9 Å². The third kappa shape index (κ3) is 3.88. The van der Waals surface area contributed by atoms with E-state index in [1.807, 2.05) is 30.8 Å². The van der Waals surface area contributed by atoms with E-state index in [9.17, 15) is 4.79 Å². The lowest BCUT2D eigenvalue weighted by Crippen LogP contribution is -2.26. The number of rotatable bonds is 5. The van der Waals surface area contributed by atoms with Crippen LogP contribution in [0.4, 0.5) is 5.82 Å². The van der Waals surface area contributed by atoms with Crippen molar-refractivity contribution in [2.75, 3.05) is 18.1 Å². The van der Waals surface area contributed by atoms with Crippen molar-refractivity contribution in [1.82, 2.24) is 15.0 Å². The molecule has 0 fully saturated rings. The maximum absolute atomic E-state index is 11.8. The molecule has 0 aliphatic carbocycles. The molecule has 2 rings (SSSR count). The predicted octanol–water partition coefficient (Wildman–Crippen LogP) is 3.00. The predicted molar refractivity (Wildman–Crippen MR) is 93.6 cm³/mol. The van der Waals surface area contributed by atoms with Crippen molar-refractivity contribution >= 4 is 17.6 Å². The first-order valence-corrected chi connectivity index (χ1v) is 8.38. The van der Waals surface area contributed by atoms with Crippen molar-refractivity contribution in [3.63, 3.8) is 0 Å². The van der Waals surface area contributed by atoms with Gasteiger partial charge in [0.2, 0.25) is 0 Å². The third-order valence-electron chi connectivity index (χ3n) is 3.68. The van der Waals surface area contributed by atoms with Crippen LogP contribution >= 0.6 is 11.8 Å². The minimum absolute atomic E-state index is 0.105. The van der Waals surface area contributed by atoms with E-state index in [2.05, 4.69) is 40.4 Å². The van der Waals surface area contributed by atoms with Gasteiger partial charge in [-0.3, -0.25) is 4.79 Å². The Morgan fingerprint density at radius 2 is 2.05 bits per heavy atom. The van der Waals surface area contributed by atoms with Crippen LogP contribution in [0, 0.1) is 13.8 Å². The molecule has 0 aliphatic rings. The Morgan fingerprint density at radius 3 is 2.59 bits per heavy atom. The van der Waals surface area contributed by atoms with E-state index < -0.39 is 0 Å². The van der Waals surface area contributed by atoms with Gasteiger partial charge in [0.25, 0.3) is 5.56 Å². The van der Waals surface area contributed by atoms with Gasteiger partial charge in [-0.1, -0.05) is 0 Å². The fourth-order valence-electron chi connectivity index (χ4n) is 1.80. The van der Waals surface area contributed by atoms with Crippen molar-refractivity contribution in [3.8, 4) is 11.4 Å². The number of pyridine rings is 1. The number of H-pyrrole nitrogens is 1. The second kappa shape index (κ2) is 6.52. The standard InChI is InChI=1S/C16H22N4OS/c1-10-11(2)19-14(20-15(10)21)12-6-7-13(17-8-12)18-9-16(3,4)22-5/h6-8H,9H2,1-5H3,(H,17,18)(H,19,20,21). The van der Waals surface area contributed by atoms with Gasteiger partial charge in [-0.05, 0) is 46.1 Å². The maximum atomic E-state index is 11.8. The second-order valence-electron chi connectivity index (χ2n) is 5.87. The second-order valence-corrected chi connectivity index (χ2v) is 7.39. The monoisotopic (exact) mass is 318 g/mol. The zero-order chi connectivity index (χ0) is 16.3. The van der Waals surface area contributed by atoms with Crippen LogP contribution in [0.5, 0.6) is 0 Å². The molecule has 0 bridgehead atoms. The fraction of sp³-hybridized carbons (Fsp3) is 0.438. The highest BCUT2D eigenvalue weighted by Gasteiger charge is 2.15. The highest BCUT2D eigenvalue weighted by molar-refractivity contribution is 7.99. The van der Waals surface area contributed by atoms with E-state index in [4.69, 9.17) is 0 Å². The van der Waals surface area contributed by atoms with Crippen molar-refractivity contribution in [2.24, 2.45) is 0 Å². The van der Waals surface area contributed by atoms with Crippen LogP contribution in [-0.4, -0.2) is 32.5 Å². The van der Waals surface area contributed by atoms with Gasteiger partial charge in [-0.2, -0.15) is 11.8 Å². The number of anilines is 1. The first-order chi connectivity index (χ1) is 10.3. The molecule has 0 atom stereocenters. The lowest BCUT2D eigenvalue weighted by atomic mass is 10.2. The molecule has 0 aromatic carbocycles. The Kier molecular flexibility index (Phi) is 4.90. The van der Waals surface area contributed by atoms with Gasteiger partial charge < -0.3 is 10.3 Å². The molecule has 6 heteroatoms. The van der Waals surface area contributed by atoms with Crippen LogP contribution in [-0.2, 0) is 0 Å². The van der Waals surface area contributed by atoms with Crippen LogP contribution in [0.15, 0.2) is 23.1 Å². The SMILES string of the molecule is CSC(C)(C)CNc1ccc(-c2nc(C)c(C)c(=O)[nH]2)cn1. The molecule has 2 aromatic rings. The highest BCUT2D eigenvalue weighted by atomic mass is 32.2. The van der Waals surface area contributed by atoms with Gasteiger partial charge >= 0.3 is 0 Å². The minimum Gasteiger partial charge on any atom is -0.369 e. The molecule has 2 N–H and O–H groups in total. The van der Waals surface area contributed by atoms with Gasteiger partial charge in [0, 0.05) is 34.3 Å². The molecule has 0 aliphatic heterocycles. The number of thioether (sulfide) groups is 1. The van der Waals surface area contributed by atoms with Gasteiger partial charge in [0.15, 0.2) is 0 Å². The van der Waals surface area contributed by atoms with Gasteiger partial charge in [-0.25, -0.2) is 9.97 Å². The van der Waals surface area contributed by atoms with Gasteiger partial charge in [0.1, 0.15) is 11.6 Å². The van der Waals surface area contributed by atoms with E-state index in [-0.39, 0.29) is 10.3 Å². The zero-order valence-corrected chi connectivity index (χ0v) is 14.5. The van der Waals surface area contributed by atoms with Crippen molar-refractivity contribution in [1.29, 1.82) is 0 Å². The van der Waals surface area contributed by atoms with Gasteiger partial charge in [-0.15, -0.1) is 0 Å². The molecular weight excluding hydrogens is 296 g/mol. The lowest BCUT2D eigenvalue weighted by molar-refractivity contribution is 0.750. The van der Waals surface area contributed by atoms with E-state index in [1.54, 1.807) is 13.1 Å². The van der Waals surface area contributed by atoms with E-state index >= 15 is 0 Å². The number of hydrogen-bond acceptors (Lipinski definition) is 5. The molecule has 0 amide bonds. The van der Waals surface area contributed by atoms with Crippen molar-refractivity contribution in [2.45, 2.75) is 32.4 Å². The largest absolute Gasteiger partial charge is 0.369 e. The Hall–Kier alpha value is -1.82. The molecule has 0 spiro atoms. The normalized spacial score (nSPS) is 11.5. The van der Waals surface area contributed by atoms with Crippen molar-refractivity contribution in [3.05, 3.63) is 39.9 Å². The Bertz CT molecular complexity index is 707. The summed E-state index contributed by atoms with van der Waals surface area (Å²) in [7, 11) is 0. The third-order valence-corrected chi connectivity index (χ3v) is 4.93. The molecule has 0 saturated heterocycles. The molecule has 2 heterocycles. The van der Waals surface area contributed by atoms with Crippen LogP contribution in [0.2, 0.25) is 0 Å². The Balaban J connectivity index is 2.17. The highest BCUT2D eigenvalue weighted by Crippen LogP contribution is 2.22. The summed E-state index contributed by atoms with van der Waals surface area (Å²) in [4.78, 5) is 23.4. The first kappa shape index (κ1) is 16.5. The summed E-state index contributed by atoms with van der Waals surface area (Å²) in [5, 5.41) is 3.32. The summed E-state index contributed by atoms with van der Waals surface area (Å²) >= 11 is 1.81. The van der Waals surface area contributed by atoms with Crippen molar-refractivity contribution < 1.29 is 0 Å². The number of aromatic amines is 1. The summed E-state index contributed by atoms with van der Waals surface area (Å²) in [5.74, 6) is 1.37. The fourth-order valence-corrected chi connectivity index (χ4v) is 2.01. The molecule has 0 unspecified atom stereocenters. The molecule has 118 valence electrons. The van der Waals surface area contributed by atoms with E-state index in [0.29, 0.717) is 11.4 Å². The van der Waals surface area contributed by atoms with Gasteiger partial charge in [0.05, 0.1) is 0 Å². The number of aromatic nitrogens is 3. The summed E-state index contributed by atoms with van der Waals surface area (Å²) in [6.45, 7) is 8.80. The van der Waals surface area contributed by atoms with E-state index in [0.717, 1.165) is 23.6 Å². The number of hydrogen-bond donors (Lipinski definition) is 2. The van der Waals surface area contributed by atoms with Crippen LogP contribution in [0.25, 0.3) is 11.4 Å². The maximum Gasteiger partial charge on any atom is 0.254 e. The molecule has 2 aromatic heterocycles. The molecule has 0 saturated carbocycles. The average Bonchev–Trinajstić information content (AvgIpc) is 2.51. The summed E-state index contributed by atoms with van der Waals surface area (Å²) in [5.41, 5.74) is 2.08. The summed E-state index contributed by atoms with van der Waals surface area (Å²) < 4.78 is 0.154. The molecule has 5 nitrogen and oxygen atoms in total. The van der Waals surface area contributed by atoms with Crippen LogP contribution in [0.1, 0.15) is 25.1 Å².